The minimum absolute atomic E-state index is 0.0571. The van der Waals surface area contributed by atoms with Crippen LogP contribution in [0.1, 0.15) is 50.3 Å². The van der Waals surface area contributed by atoms with Crippen molar-refractivity contribution in [1.29, 1.82) is 0 Å². The van der Waals surface area contributed by atoms with Gasteiger partial charge in [0, 0.05) is 38.0 Å². The average molecular weight is 372 g/mol. The lowest BCUT2D eigenvalue weighted by molar-refractivity contribution is -0.134. The second kappa shape index (κ2) is 7.53. The molecule has 148 valence electrons. The van der Waals surface area contributed by atoms with Crippen molar-refractivity contribution in [3.63, 3.8) is 0 Å². The summed E-state index contributed by atoms with van der Waals surface area (Å²) in [4.78, 5) is 16.8. The van der Waals surface area contributed by atoms with Gasteiger partial charge in [0.05, 0.1) is 12.1 Å². The number of hydrogen-bond donors (Lipinski definition) is 2. The molecule has 1 aromatic rings. The van der Waals surface area contributed by atoms with E-state index >= 15 is 0 Å². The quantitative estimate of drug-likeness (QED) is 0.852. The first kappa shape index (κ1) is 18.9. The van der Waals surface area contributed by atoms with Gasteiger partial charge in [-0.15, -0.1) is 0 Å². The number of amides is 1. The van der Waals surface area contributed by atoms with Crippen molar-refractivity contribution in [2.24, 2.45) is 5.92 Å². The summed E-state index contributed by atoms with van der Waals surface area (Å²) in [6.45, 7) is 9.35. The van der Waals surface area contributed by atoms with E-state index < -0.39 is 0 Å². The predicted octanol–water partition coefficient (Wildman–Crippen LogP) is 1.91. The number of aliphatic hydroxyl groups excluding tert-OH is 1. The van der Waals surface area contributed by atoms with Crippen molar-refractivity contribution < 1.29 is 9.90 Å². The highest BCUT2D eigenvalue weighted by atomic mass is 16.3. The number of aliphatic hydroxyl groups is 1. The summed E-state index contributed by atoms with van der Waals surface area (Å²) in [5.41, 5.74) is 2.54. The molecule has 1 amide bonds. The molecule has 2 atom stereocenters. The molecule has 1 aliphatic carbocycles. The highest BCUT2D eigenvalue weighted by molar-refractivity contribution is 5.76. The van der Waals surface area contributed by atoms with E-state index in [0.29, 0.717) is 12.3 Å². The van der Waals surface area contributed by atoms with E-state index in [1.807, 2.05) is 4.90 Å². The molecule has 0 radical (unpaired) electrons. The van der Waals surface area contributed by atoms with Crippen LogP contribution in [0.4, 0.5) is 0 Å². The zero-order chi connectivity index (χ0) is 19.0. The Hall–Kier alpha value is -1.43. The first-order valence-electron chi connectivity index (χ1n) is 10.5. The standard InChI is InChI=1S/C22H33N3O2/c1-16(2)15-19(26)24-11-13-25(14-12-24)20-17-5-3-4-6-18(17)22(21(20)27)7-9-23-10-8-22/h3-6,16,20-21,23,27H,7-15H2,1-2H3/t20-,21+/m0/s1. The smallest absolute Gasteiger partial charge is 0.222 e. The molecular weight excluding hydrogens is 338 g/mol. The van der Waals surface area contributed by atoms with Crippen molar-refractivity contribution in [3.8, 4) is 0 Å². The maximum absolute atomic E-state index is 12.4. The topological polar surface area (TPSA) is 55.8 Å². The molecule has 2 aliphatic heterocycles. The van der Waals surface area contributed by atoms with Gasteiger partial charge >= 0.3 is 0 Å². The normalized spacial score (nSPS) is 27.9. The zero-order valence-corrected chi connectivity index (χ0v) is 16.7. The summed E-state index contributed by atoms with van der Waals surface area (Å²) in [5, 5.41) is 14.9. The summed E-state index contributed by atoms with van der Waals surface area (Å²) >= 11 is 0. The van der Waals surface area contributed by atoms with Crippen LogP contribution in [-0.4, -0.2) is 66.2 Å². The van der Waals surface area contributed by atoms with Gasteiger partial charge in [0.25, 0.3) is 0 Å². The van der Waals surface area contributed by atoms with Crippen LogP contribution in [0.2, 0.25) is 0 Å². The van der Waals surface area contributed by atoms with Gasteiger partial charge in [-0.2, -0.15) is 0 Å². The molecule has 0 bridgehead atoms. The molecule has 2 N–H and O–H groups in total. The van der Waals surface area contributed by atoms with Gasteiger partial charge in [0.1, 0.15) is 0 Å². The van der Waals surface area contributed by atoms with Crippen molar-refractivity contribution >= 4 is 5.91 Å². The highest BCUT2D eigenvalue weighted by Crippen LogP contribution is 2.52. The minimum atomic E-state index is -0.366. The monoisotopic (exact) mass is 371 g/mol. The molecule has 4 rings (SSSR count). The third kappa shape index (κ3) is 3.30. The Balaban J connectivity index is 1.52. The van der Waals surface area contributed by atoms with Gasteiger partial charge in [-0.1, -0.05) is 38.1 Å². The number of nitrogens with one attached hydrogen (secondary N) is 1. The van der Waals surface area contributed by atoms with E-state index in [-0.39, 0.29) is 23.5 Å². The lowest BCUT2D eigenvalue weighted by Gasteiger charge is -2.43. The summed E-state index contributed by atoms with van der Waals surface area (Å²) in [7, 11) is 0. The number of carbonyl (C=O) groups excluding carboxylic acids is 1. The number of rotatable bonds is 3. The zero-order valence-electron chi connectivity index (χ0n) is 16.7. The maximum Gasteiger partial charge on any atom is 0.222 e. The number of carbonyl (C=O) groups is 1. The van der Waals surface area contributed by atoms with Crippen LogP contribution in [0.5, 0.6) is 0 Å². The molecule has 0 saturated carbocycles. The number of piperazine rings is 1. The number of nitrogens with zero attached hydrogens (tertiary/aromatic N) is 2. The highest BCUT2D eigenvalue weighted by Gasteiger charge is 2.53. The van der Waals surface area contributed by atoms with E-state index in [1.54, 1.807) is 0 Å². The van der Waals surface area contributed by atoms with Crippen molar-refractivity contribution in [2.45, 2.75) is 50.7 Å². The van der Waals surface area contributed by atoms with E-state index in [2.05, 4.69) is 48.3 Å². The third-order valence-corrected chi connectivity index (χ3v) is 6.82. The first-order valence-corrected chi connectivity index (χ1v) is 10.5. The van der Waals surface area contributed by atoms with Crippen molar-refractivity contribution in [3.05, 3.63) is 35.4 Å². The maximum atomic E-state index is 12.4. The van der Waals surface area contributed by atoms with Crippen LogP contribution in [0, 0.1) is 5.92 Å². The Morgan fingerprint density at radius 1 is 1.19 bits per heavy atom. The van der Waals surface area contributed by atoms with E-state index in [4.69, 9.17) is 0 Å². The van der Waals surface area contributed by atoms with Gasteiger partial charge in [0.15, 0.2) is 0 Å². The summed E-state index contributed by atoms with van der Waals surface area (Å²) in [6, 6.07) is 8.70. The van der Waals surface area contributed by atoms with Gasteiger partial charge in [-0.05, 0) is 43.0 Å². The van der Waals surface area contributed by atoms with Crippen molar-refractivity contribution in [2.75, 3.05) is 39.3 Å². The SMILES string of the molecule is CC(C)CC(=O)N1CCN([C@H]2c3ccccc3C3(CCNCC3)[C@@H]2O)CC1. The number of hydrogen-bond acceptors (Lipinski definition) is 4. The van der Waals surface area contributed by atoms with Crippen LogP contribution >= 0.6 is 0 Å². The molecule has 5 nitrogen and oxygen atoms in total. The molecule has 3 aliphatic rings. The fourth-order valence-electron chi connectivity index (χ4n) is 5.40. The molecule has 0 unspecified atom stereocenters. The van der Waals surface area contributed by atoms with Crippen LogP contribution in [0.15, 0.2) is 24.3 Å². The van der Waals surface area contributed by atoms with Gasteiger partial charge < -0.3 is 15.3 Å². The number of fused-ring (bicyclic) bond motifs is 2. The third-order valence-electron chi connectivity index (χ3n) is 6.82. The number of piperidine rings is 1. The van der Waals surface area contributed by atoms with E-state index in [9.17, 15) is 9.90 Å². The molecule has 2 saturated heterocycles. The Morgan fingerprint density at radius 2 is 1.85 bits per heavy atom. The van der Waals surface area contributed by atoms with Crippen LogP contribution in [0.3, 0.4) is 0 Å². The molecular formula is C22H33N3O2. The Bertz CT molecular complexity index is 676. The fraction of sp³-hybridized carbons (Fsp3) is 0.682. The number of benzene rings is 1. The summed E-state index contributed by atoms with van der Waals surface area (Å²) in [5.74, 6) is 0.672. The van der Waals surface area contributed by atoms with E-state index in [0.717, 1.165) is 52.1 Å². The Kier molecular flexibility index (Phi) is 5.28. The second-order valence-corrected chi connectivity index (χ2v) is 8.90. The molecule has 1 spiro atoms. The largest absolute Gasteiger partial charge is 0.390 e. The lowest BCUT2D eigenvalue weighted by Crippen LogP contribution is -2.53. The molecule has 5 heteroatoms. The van der Waals surface area contributed by atoms with E-state index in [1.165, 1.54) is 11.1 Å². The van der Waals surface area contributed by atoms with Gasteiger partial charge in [-0.25, -0.2) is 0 Å². The summed E-state index contributed by atoms with van der Waals surface area (Å²) < 4.78 is 0. The minimum Gasteiger partial charge on any atom is -0.390 e. The predicted molar refractivity (Wildman–Crippen MR) is 107 cm³/mol. The van der Waals surface area contributed by atoms with Gasteiger partial charge in [-0.3, -0.25) is 9.69 Å². The molecule has 1 aromatic carbocycles. The Labute approximate surface area is 162 Å². The van der Waals surface area contributed by atoms with Crippen LogP contribution in [-0.2, 0) is 10.2 Å². The van der Waals surface area contributed by atoms with Gasteiger partial charge in [0.2, 0.25) is 5.91 Å². The molecule has 0 aromatic heterocycles. The van der Waals surface area contributed by atoms with Crippen LogP contribution < -0.4 is 5.32 Å². The first-order chi connectivity index (χ1) is 13.0. The van der Waals surface area contributed by atoms with Crippen molar-refractivity contribution in [1.82, 2.24) is 15.1 Å². The molecule has 2 heterocycles. The molecule has 27 heavy (non-hydrogen) atoms. The second-order valence-electron chi connectivity index (χ2n) is 8.90. The summed E-state index contributed by atoms with van der Waals surface area (Å²) in [6.07, 6.45) is 2.25. The fourth-order valence-corrected chi connectivity index (χ4v) is 5.40. The van der Waals surface area contributed by atoms with Crippen LogP contribution in [0.25, 0.3) is 0 Å². The molecule has 2 fully saturated rings. The average Bonchev–Trinajstić information content (AvgIpc) is 2.91. The Morgan fingerprint density at radius 3 is 2.52 bits per heavy atom. The lowest BCUT2D eigenvalue weighted by atomic mass is 9.72.